The van der Waals surface area contributed by atoms with Crippen LogP contribution in [0, 0.1) is 17.3 Å². The zero-order chi connectivity index (χ0) is 13.8. The van der Waals surface area contributed by atoms with Gasteiger partial charge >= 0.3 is 5.97 Å². The summed E-state index contributed by atoms with van der Waals surface area (Å²) in [5, 5.41) is 18.5. The van der Waals surface area contributed by atoms with Crippen molar-refractivity contribution in [2.45, 2.75) is 52.6 Å². The molecule has 18 heavy (non-hydrogen) atoms. The van der Waals surface area contributed by atoms with Crippen LogP contribution in [0.3, 0.4) is 0 Å². The van der Waals surface area contributed by atoms with E-state index in [-0.39, 0.29) is 37.1 Å². The van der Waals surface area contributed by atoms with Gasteiger partial charge in [-0.1, -0.05) is 6.92 Å². The van der Waals surface area contributed by atoms with Gasteiger partial charge in [-0.15, -0.1) is 0 Å². The lowest BCUT2D eigenvalue weighted by atomic mass is 9.78. The molecule has 0 amide bonds. The van der Waals surface area contributed by atoms with Gasteiger partial charge in [0, 0.05) is 13.2 Å². The van der Waals surface area contributed by atoms with Crippen molar-refractivity contribution in [3.8, 4) is 0 Å². The monoisotopic (exact) mass is 258 g/mol. The highest BCUT2D eigenvalue weighted by Crippen LogP contribution is 2.33. The smallest absolute Gasteiger partial charge is 0.311 e. The van der Waals surface area contributed by atoms with Gasteiger partial charge in [0.1, 0.15) is 6.10 Å². The molecular formula is C14H26O4. The molecule has 2 N–H and O–H groups in total. The minimum atomic E-state index is -0.442. The van der Waals surface area contributed by atoms with Crippen LogP contribution in [-0.2, 0) is 9.53 Å². The standard InChI is InChI=1S/C14H26O4/c1-4-14(2,3)13(17)18-12-6-5-10(8-15)11(7-12)9-16/h10-12,15-16H,4-9H2,1-3H3. The molecule has 1 aliphatic carbocycles. The Kier molecular flexibility index (Phi) is 5.60. The van der Waals surface area contributed by atoms with Gasteiger partial charge in [-0.3, -0.25) is 4.79 Å². The molecule has 0 spiro atoms. The fourth-order valence-electron chi connectivity index (χ4n) is 2.31. The average Bonchev–Trinajstić information content (AvgIpc) is 2.38. The lowest BCUT2D eigenvalue weighted by Gasteiger charge is -2.35. The maximum atomic E-state index is 12.0. The molecule has 0 aromatic heterocycles. The van der Waals surface area contributed by atoms with E-state index < -0.39 is 5.41 Å². The summed E-state index contributed by atoms with van der Waals surface area (Å²) in [6.45, 7) is 5.90. The van der Waals surface area contributed by atoms with Crippen molar-refractivity contribution in [2.24, 2.45) is 17.3 Å². The first kappa shape index (κ1) is 15.4. The Morgan fingerprint density at radius 2 is 1.83 bits per heavy atom. The van der Waals surface area contributed by atoms with Crippen LogP contribution in [0.1, 0.15) is 46.5 Å². The van der Waals surface area contributed by atoms with E-state index in [1.54, 1.807) is 0 Å². The third-order valence-corrected chi connectivity index (χ3v) is 4.27. The maximum Gasteiger partial charge on any atom is 0.311 e. The molecule has 0 saturated heterocycles. The van der Waals surface area contributed by atoms with Crippen LogP contribution in [0.15, 0.2) is 0 Å². The first-order valence-corrected chi connectivity index (χ1v) is 6.87. The van der Waals surface area contributed by atoms with Crippen molar-refractivity contribution in [1.82, 2.24) is 0 Å². The minimum Gasteiger partial charge on any atom is -0.462 e. The summed E-state index contributed by atoms with van der Waals surface area (Å²) in [6.07, 6.45) is 2.90. The molecule has 4 heteroatoms. The van der Waals surface area contributed by atoms with Gasteiger partial charge in [0.15, 0.2) is 0 Å². The largest absolute Gasteiger partial charge is 0.462 e. The second kappa shape index (κ2) is 6.53. The fraction of sp³-hybridized carbons (Fsp3) is 0.929. The van der Waals surface area contributed by atoms with Crippen LogP contribution < -0.4 is 0 Å². The molecule has 0 heterocycles. The Bertz CT molecular complexity index is 275. The van der Waals surface area contributed by atoms with Crippen molar-refractivity contribution in [1.29, 1.82) is 0 Å². The van der Waals surface area contributed by atoms with Crippen molar-refractivity contribution in [2.75, 3.05) is 13.2 Å². The van der Waals surface area contributed by atoms with Crippen LogP contribution in [0.25, 0.3) is 0 Å². The van der Waals surface area contributed by atoms with Gasteiger partial charge in [-0.2, -0.15) is 0 Å². The van der Waals surface area contributed by atoms with Gasteiger partial charge in [-0.05, 0) is 51.4 Å². The molecule has 1 saturated carbocycles. The number of aliphatic hydroxyl groups is 2. The Morgan fingerprint density at radius 3 is 2.33 bits per heavy atom. The molecule has 3 atom stereocenters. The lowest BCUT2D eigenvalue weighted by molar-refractivity contribution is -0.163. The molecule has 1 aliphatic rings. The van der Waals surface area contributed by atoms with Crippen molar-refractivity contribution in [3.05, 3.63) is 0 Å². The van der Waals surface area contributed by atoms with Gasteiger partial charge in [0.2, 0.25) is 0 Å². The van der Waals surface area contributed by atoms with Crippen molar-refractivity contribution < 1.29 is 19.7 Å². The van der Waals surface area contributed by atoms with Crippen molar-refractivity contribution in [3.63, 3.8) is 0 Å². The van der Waals surface area contributed by atoms with E-state index in [1.807, 2.05) is 20.8 Å². The molecule has 0 aromatic carbocycles. The molecule has 3 unspecified atom stereocenters. The predicted octanol–water partition coefficient (Wildman–Crippen LogP) is 1.74. The topological polar surface area (TPSA) is 66.8 Å². The number of rotatable bonds is 5. The normalized spacial score (nSPS) is 29.1. The van der Waals surface area contributed by atoms with Crippen molar-refractivity contribution >= 4 is 5.97 Å². The predicted molar refractivity (Wildman–Crippen MR) is 69.0 cm³/mol. The minimum absolute atomic E-state index is 0.0475. The van der Waals surface area contributed by atoms with Crippen LogP contribution >= 0.6 is 0 Å². The quantitative estimate of drug-likeness (QED) is 0.737. The maximum absolute atomic E-state index is 12.0. The SMILES string of the molecule is CCC(C)(C)C(=O)OC1CCC(CO)C(CO)C1. The molecule has 0 bridgehead atoms. The van der Waals surface area contributed by atoms with Crippen LogP contribution in [-0.4, -0.2) is 35.5 Å². The fourth-order valence-corrected chi connectivity index (χ4v) is 2.31. The zero-order valence-corrected chi connectivity index (χ0v) is 11.7. The summed E-state index contributed by atoms with van der Waals surface area (Å²) < 4.78 is 5.54. The third-order valence-electron chi connectivity index (χ3n) is 4.27. The van der Waals surface area contributed by atoms with Gasteiger partial charge < -0.3 is 14.9 Å². The van der Waals surface area contributed by atoms with E-state index in [0.29, 0.717) is 6.42 Å². The number of esters is 1. The molecule has 0 radical (unpaired) electrons. The van der Waals surface area contributed by atoms with E-state index in [4.69, 9.17) is 4.74 Å². The first-order chi connectivity index (χ1) is 8.44. The summed E-state index contributed by atoms with van der Waals surface area (Å²) in [5.74, 6) is 0.0320. The van der Waals surface area contributed by atoms with E-state index in [2.05, 4.69) is 0 Å². The van der Waals surface area contributed by atoms with Crippen LogP contribution in [0.5, 0.6) is 0 Å². The van der Waals surface area contributed by atoms with E-state index in [0.717, 1.165) is 19.3 Å². The summed E-state index contributed by atoms with van der Waals surface area (Å²) >= 11 is 0. The highest BCUT2D eigenvalue weighted by atomic mass is 16.5. The summed E-state index contributed by atoms with van der Waals surface area (Å²) in [7, 11) is 0. The third kappa shape index (κ3) is 3.69. The van der Waals surface area contributed by atoms with E-state index in [9.17, 15) is 15.0 Å². The van der Waals surface area contributed by atoms with Crippen LogP contribution in [0.2, 0.25) is 0 Å². The van der Waals surface area contributed by atoms with Crippen LogP contribution in [0.4, 0.5) is 0 Å². The molecular weight excluding hydrogens is 232 g/mol. The first-order valence-electron chi connectivity index (χ1n) is 6.87. The molecule has 0 aliphatic heterocycles. The second-order valence-electron chi connectivity index (χ2n) is 5.96. The van der Waals surface area contributed by atoms with E-state index >= 15 is 0 Å². The lowest BCUT2D eigenvalue weighted by Crippen LogP contribution is -2.37. The number of hydrogen-bond acceptors (Lipinski definition) is 4. The number of carbonyl (C=O) groups is 1. The number of ether oxygens (including phenoxy) is 1. The van der Waals surface area contributed by atoms with Gasteiger partial charge in [-0.25, -0.2) is 0 Å². The summed E-state index contributed by atoms with van der Waals surface area (Å²) in [6, 6.07) is 0. The van der Waals surface area contributed by atoms with Gasteiger partial charge in [0.05, 0.1) is 5.41 Å². The summed E-state index contributed by atoms with van der Waals surface area (Å²) in [4.78, 5) is 12.0. The van der Waals surface area contributed by atoms with Gasteiger partial charge in [0.25, 0.3) is 0 Å². The Labute approximate surface area is 109 Å². The summed E-state index contributed by atoms with van der Waals surface area (Å²) in [5.41, 5.74) is -0.442. The number of hydrogen-bond donors (Lipinski definition) is 2. The highest BCUT2D eigenvalue weighted by Gasteiger charge is 2.34. The Hall–Kier alpha value is -0.610. The Morgan fingerprint density at radius 1 is 1.22 bits per heavy atom. The van der Waals surface area contributed by atoms with E-state index in [1.165, 1.54) is 0 Å². The zero-order valence-electron chi connectivity index (χ0n) is 11.7. The second-order valence-corrected chi connectivity index (χ2v) is 5.96. The molecule has 106 valence electrons. The molecule has 0 aromatic rings. The highest BCUT2D eigenvalue weighted by molar-refractivity contribution is 5.75. The molecule has 1 rings (SSSR count). The Balaban J connectivity index is 2.52. The number of aliphatic hydroxyl groups excluding tert-OH is 2. The molecule has 1 fully saturated rings. The average molecular weight is 258 g/mol. The molecule has 4 nitrogen and oxygen atoms in total. The number of carbonyl (C=O) groups excluding carboxylic acids is 1.